The Labute approximate surface area is 199 Å². The molecule has 1 aliphatic rings. The molecule has 0 aliphatic carbocycles. The van der Waals surface area contributed by atoms with Crippen LogP contribution in [0.4, 0.5) is 4.79 Å². The first-order chi connectivity index (χ1) is 16.5. The van der Waals surface area contributed by atoms with Crippen LogP contribution in [0.2, 0.25) is 0 Å². The van der Waals surface area contributed by atoms with Gasteiger partial charge in [0.1, 0.15) is 18.1 Å². The summed E-state index contributed by atoms with van der Waals surface area (Å²) in [4.78, 5) is 38.0. The van der Waals surface area contributed by atoms with E-state index in [0.717, 1.165) is 27.8 Å². The maximum Gasteiger partial charge on any atom is 0.373 e. The zero-order valence-corrected chi connectivity index (χ0v) is 18.8. The molecule has 1 saturated heterocycles. The summed E-state index contributed by atoms with van der Waals surface area (Å²) in [5.41, 5.74) is 2.07. The van der Waals surface area contributed by atoms with Crippen LogP contribution in [0, 0.1) is 11.3 Å². The molecule has 34 heavy (non-hydrogen) atoms. The van der Waals surface area contributed by atoms with Gasteiger partial charge in [0.25, 0.3) is 11.1 Å². The normalized spacial score (nSPS) is 14.4. The second-order valence-electron chi connectivity index (χ2n) is 7.15. The number of hydrogen-bond donors (Lipinski definition) is 0. The summed E-state index contributed by atoms with van der Waals surface area (Å²) in [5.74, 6) is -0.180. The lowest BCUT2D eigenvalue weighted by atomic mass is 10.1. The van der Waals surface area contributed by atoms with E-state index in [4.69, 9.17) is 14.4 Å². The summed E-state index contributed by atoms with van der Waals surface area (Å²) >= 11 is 0.833. The quantitative estimate of drug-likeness (QED) is 0.356. The van der Waals surface area contributed by atoms with E-state index in [0.29, 0.717) is 17.1 Å². The fourth-order valence-electron chi connectivity index (χ4n) is 3.19. The number of amides is 2. The first-order valence-corrected chi connectivity index (χ1v) is 10.9. The van der Waals surface area contributed by atoms with Gasteiger partial charge in [-0.15, -0.1) is 0 Å². The van der Waals surface area contributed by atoms with Crippen molar-refractivity contribution in [3.63, 3.8) is 0 Å². The van der Waals surface area contributed by atoms with Crippen LogP contribution >= 0.6 is 11.8 Å². The summed E-state index contributed by atoms with van der Waals surface area (Å²) in [6, 6.07) is 19.4. The molecule has 2 aromatic carbocycles. The lowest BCUT2D eigenvalue weighted by Crippen LogP contribution is -2.27. The molecule has 1 aliphatic heterocycles. The van der Waals surface area contributed by atoms with Crippen molar-refractivity contribution in [3.8, 4) is 11.8 Å². The summed E-state index contributed by atoms with van der Waals surface area (Å²) in [7, 11) is 1.23. The van der Waals surface area contributed by atoms with Gasteiger partial charge in [-0.3, -0.25) is 14.5 Å². The van der Waals surface area contributed by atoms with Crippen LogP contribution in [0.15, 0.2) is 70.0 Å². The molecule has 8 nitrogen and oxygen atoms in total. The summed E-state index contributed by atoms with van der Waals surface area (Å²) in [6.45, 7) is 0.169. The van der Waals surface area contributed by atoms with Crippen molar-refractivity contribution < 1.29 is 28.3 Å². The minimum Gasteiger partial charge on any atom is -0.489 e. The maximum atomic E-state index is 12.7. The average Bonchev–Trinajstić information content (AvgIpc) is 3.43. The van der Waals surface area contributed by atoms with Crippen LogP contribution in [-0.2, 0) is 22.7 Å². The number of benzene rings is 2. The fraction of sp³-hybridized carbons (Fsp3) is 0.120. The Balaban J connectivity index is 1.40. The molecule has 0 N–H and O–H groups in total. The van der Waals surface area contributed by atoms with Crippen molar-refractivity contribution in [2.45, 2.75) is 13.2 Å². The maximum absolute atomic E-state index is 12.7. The van der Waals surface area contributed by atoms with Gasteiger partial charge in [-0.05, 0) is 53.7 Å². The number of nitriles is 1. The van der Waals surface area contributed by atoms with Crippen LogP contribution in [-0.4, -0.2) is 29.1 Å². The summed E-state index contributed by atoms with van der Waals surface area (Å²) in [6.07, 6.45) is 1.63. The molecule has 1 aromatic heterocycles. The van der Waals surface area contributed by atoms with Gasteiger partial charge in [0, 0.05) is 5.56 Å². The Morgan fingerprint density at radius 2 is 1.88 bits per heavy atom. The lowest BCUT2D eigenvalue weighted by molar-refractivity contribution is -0.123. The zero-order chi connectivity index (χ0) is 24.1. The van der Waals surface area contributed by atoms with Crippen LogP contribution in [0.3, 0.4) is 0 Å². The summed E-state index contributed by atoms with van der Waals surface area (Å²) < 4.78 is 15.7. The van der Waals surface area contributed by atoms with Crippen molar-refractivity contribution in [2.24, 2.45) is 0 Å². The van der Waals surface area contributed by atoms with Gasteiger partial charge in [0.2, 0.25) is 5.76 Å². The number of carbonyl (C=O) groups excluding carboxylic acids is 3. The number of furan rings is 1. The Bertz CT molecular complexity index is 1320. The zero-order valence-electron chi connectivity index (χ0n) is 18.0. The van der Waals surface area contributed by atoms with Gasteiger partial charge in [0.05, 0.1) is 30.2 Å². The third-order valence-electron chi connectivity index (χ3n) is 4.95. The third-order valence-corrected chi connectivity index (χ3v) is 5.85. The predicted octanol–water partition coefficient (Wildman–Crippen LogP) is 4.75. The summed E-state index contributed by atoms with van der Waals surface area (Å²) in [5, 5.41) is 8.74. The molecule has 9 heteroatoms. The number of carbonyl (C=O) groups is 3. The van der Waals surface area contributed by atoms with Crippen LogP contribution < -0.4 is 4.74 Å². The lowest BCUT2D eigenvalue weighted by Gasteiger charge is -2.10. The molecule has 170 valence electrons. The molecule has 0 atom stereocenters. The predicted molar refractivity (Wildman–Crippen MR) is 123 cm³/mol. The third kappa shape index (κ3) is 5.03. The van der Waals surface area contributed by atoms with Gasteiger partial charge in [-0.1, -0.05) is 30.3 Å². The van der Waals surface area contributed by atoms with E-state index in [1.165, 1.54) is 19.2 Å². The molecule has 0 bridgehead atoms. The standard InChI is InChI=1S/C25H18N2O6S/c1-31-24(29)21-11-10-20(33-21)14-27-23(28)22(34-25(27)30)12-16-6-8-19(9-7-16)32-15-18-5-3-2-4-17(18)13-26/h2-12H,14-15H2,1H3. The van der Waals surface area contributed by atoms with Gasteiger partial charge >= 0.3 is 5.97 Å². The highest BCUT2D eigenvalue weighted by molar-refractivity contribution is 8.18. The topological polar surface area (TPSA) is 110 Å². The van der Waals surface area contributed by atoms with E-state index in [1.807, 2.05) is 12.1 Å². The van der Waals surface area contributed by atoms with E-state index >= 15 is 0 Å². The largest absolute Gasteiger partial charge is 0.489 e. The number of nitrogens with zero attached hydrogens (tertiary/aromatic N) is 2. The van der Waals surface area contributed by atoms with Crippen molar-refractivity contribution in [1.29, 1.82) is 5.26 Å². The van der Waals surface area contributed by atoms with E-state index in [1.54, 1.807) is 42.5 Å². The van der Waals surface area contributed by atoms with Crippen LogP contribution in [0.25, 0.3) is 6.08 Å². The molecular weight excluding hydrogens is 456 g/mol. The van der Waals surface area contributed by atoms with E-state index in [-0.39, 0.29) is 23.8 Å². The number of esters is 1. The Kier molecular flexibility index (Phi) is 6.80. The monoisotopic (exact) mass is 474 g/mol. The van der Waals surface area contributed by atoms with Gasteiger partial charge in [0.15, 0.2) is 0 Å². The number of hydrogen-bond acceptors (Lipinski definition) is 8. The van der Waals surface area contributed by atoms with Crippen molar-refractivity contribution in [1.82, 2.24) is 4.90 Å². The molecule has 3 aromatic rings. The Morgan fingerprint density at radius 3 is 2.62 bits per heavy atom. The molecule has 2 heterocycles. The van der Waals surface area contributed by atoms with Crippen molar-refractivity contribution in [2.75, 3.05) is 7.11 Å². The molecule has 0 saturated carbocycles. The highest BCUT2D eigenvalue weighted by Crippen LogP contribution is 2.33. The molecular formula is C25H18N2O6S. The van der Waals surface area contributed by atoms with E-state index in [2.05, 4.69) is 10.8 Å². The number of thioether (sulfide) groups is 1. The molecule has 0 unspecified atom stereocenters. The first-order valence-electron chi connectivity index (χ1n) is 10.1. The van der Waals surface area contributed by atoms with Gasteiger partial charge in [-0.2, -0.15) is 5.26 Å². The minimum atomic E-state index is -0.637. The smallest absolute Gasteiger partial charge is 0.373 e. The Hall–Kier alpha value is -4.29. The van der Waals surface area contributed by atoms with Crippen LogP contribution in [0.5, 0.6) is 5.75 Å². The van der Waals surface area contributed by atoms with Gasteiger partial charge in [-0.25, -0.2) is 4.79 Å². The minimum absolute atomic E-state index is 0.00145. The van der Waals surface area contributed by atoms with Gasteiger partial charge < -0.3 is 13.9 Å². The Morgan fingerprint density at radius 1 is 1.12 bits per heavy atom. The molecule has 4 rings (SSSR count). The van der Waals surface area contributed by atoms with Crippen LogP contribution in [0.1, 0.15) is 33.0 Å². The van der Waals surface area contributed by atoms with E-state index < -0.39 is 17.1 Å². The highest BCUT2D eigenvalue weighted by Gasteiger charge is 2.35. The number of imide groups is 1. The second kappa shape index (κ2) is 10.1. The molecule has 0 spiro atoms. The average molecular weight is 474 g/mol. The fourth-order valence-corrected chi connectivity index (χ4v) is 4.03. The SMILES string of the molecule is COC(=O)c1ccc(CN2C(=O)SC(=Cc3ccc(OCc4ccccc4C#N)cc3)C2=O)o1. The van der Waals surface area contributed by atoms with Crippen molar-refractivity contribution in [3.05, 3.63) is 93.8 Å². The number of rotatable bonds is 7. The molecule has 2 amide bonds. The molecule has 0 radical (unpaired) electrons. The number of methoxy groups -OCH3 is 1. The molecule has 1 fully saturated rings. The number of ether oxygens (including phenoxy) is 2. The van der Waals surface area contributed by atoms with Crippen molar-refractivity contribution >= 4 is 35.0 Å². The first kappa shape index (κ1) is 22.9. The highest BCUT2D eigenvalue weighted by atomic mass is 32.2. The second-order valence-corrected chi connectivity index (χ2v) is 8.15. The van der Waals surface area contributed by atoms with E-state index in [9.17, 15) is 14.4 Å².